The van der Waals surface area contributed by atoms with Gasteiger partial charge in [-0.3, -0.25) is 9.69 Å². The molecule has 2 aliphatic heterocycles. The first-order valence-electron chi connectivity index (χ1n) is 7.57. The first-order valence-corrected chi connectivity index (χ1v) is 7.57. The number of rotatable bonds is 4. The lowest BCUT2D eigenvalue weighted by Crippen LogP contribution is -2.49. The summed E-state index contributed by atoms with van der Waals surface area (Å²) in [6.07, 6.45) is 5.65. The van der Waals surface area contributed by atoms with Gasteiger partial charge in [-0.2, -0.15) is 0 Å². The van der Waals surface area contributed by atoms with Gasteiger partial charge >= 0.3 is 5.97 Å². The van der Waals surface area contributed by atoms with Crippen LogP contribution in [-0.2, 0) is 24.3 Å². The molecule has 1 unspecified atom stereocenters. The third kappa shape index (κ3) is 2.02. The van der Waals surface area contributed by atoms with Gasteiger partial charge in [0.05, 0.1) is 6.54 Å². The molecule has 1 saturated heterocycles. The molecule has 0 amide bonds. The van der Waals surface area contributed by atoms with Crippen LogP contribution in [0.3, 0.4) is 0 Å². The van der Waals surface area contributed by atoms with E-state index in [1.54, 1.807) is 0 Å². The average molecular weight is 278 g/mol. The van der Waals surface area contributed by atoms with Crippen molar-refractivity contribution < 1.29 is 9.90 Å². The molecular weight excluding hydrogens is 256 g/mol. The maximum atomic E-state index is 11.7. The number of aromatic nitrogens is 3. The molecular formula is C14H22N4O2. The Morgan fingerprint density at radius 3 is 2.90 bits per heavy atom. The predicted molar refractivity (Wildman–Crippen MR) is 73.3 cm³/mol. The van der Waals surface area contributed by atoms with Gasteiger partial charge in [-0.05, 0) is 38.6 Å². The summed E-state index contributed by atoms with van der Waals surface area (Å²) in [6.45, 7) is 4.37. The van der Waals surface area contributed by atoms with Crippen LogP contribution in [0.2, 0.25) is 0 Å². The van der Waals surface area contributed by atoms with Crippen molar-refractivity contribution in [1.29, 1.82) is 0 Å². The second-order valence-corrected chi connectivity index (χ2v) is 5.86. The van der Waals surface area contributed by atoms with Crippen molar-refractivity contribution in [2.75, 3.05) is 6.54 Å². The number of hydrogen-bond acceptors (Lipinski definition) is 4. The van der Waals surface area contributed by atoms with Gasteiger partial charge < -0.3 is 9.67 Å². The van der Waals surface area contributed by atoms with Crippen molar-refractivity contribution in [1.82, 2.24) is 19.7 Å². The van der Waals surface area contributed by atoms with Crippen molar-refractivity contribution in [3.05, 3.63) is 11.6 Å². The van der Waals surface area contributed by atoms with Crippen LogP contribution in [0.15, 0.2) is 0 Å². The van der Waals surface area contributed by atoms with Crippen LogP contribution in [0.4, 0.5) is 0 Å². The molecule has 1 aromatic rings. The topological polar surface area (TPSA) is 71.2 Å². The van der Waals surface area contributed by atoms with Crippen LogP contribution < -0.4 is 0 Å². The molecule has 6 nitrogen and oxygen atoms in total. The van der Waals surface area contributed by atoms with Crippen molar-refractivity contribution in [3.63, 3.8) is 0 Å². The molecule has 110 valence electrons. The SMILES string of the molecule is CCC1(C(=O)O)CCCN1Cc1nnc2n1CCCC2. The summed E-state index contributed by atoms with van der Waals surface area (Å²) in [5, 5.41) is 18.2. The van der Waals surface area contributed by atoms with Crippen LogP contribution in [0.1, 0.15) is 50.7 Å². The van der Waals surface area contributed by atoms with Gasteiger partial charge in [-0.25, -0.2) is 0 Å². The van der Waals surface area contributed by atoms with Crippen LogP contribution in [0.25, 0.3) is 0 Å². The molecule has 6 heteroatoms. The normalized spacial score (nSPS) is 26.6. The molecule has 3 rings (SSSR count). The predicted octanol–water partition coefficient (Wildman–Crippen LogP) is 1.44. The monoisotopic (exact) mass is 278 g/mol. The number of likely N-dealkylation sites (tertiary alicyclic amines) is 1. The van der Waals surface area contributed by atoms with E-state index in [0.717, 1.165) is 50.4 Å². The van der Waals surface area contributed by atoms with E-state index in [0.29, 0.717) is 13.0 Å². The Kier molecular flexibility index (Phi) is 3.50. The molecule has 20 heavy (non-hydrogen) atoms. The molecule has 0 spiro atoms. The molecule has 1 aromatic heterocycles. The summed E-state index contributed by atoms with van der Waals surface area (Å²) in [5.41, 5.74) is -0.707. The molecule has 1 N–H and O–H groups in total. The fourth-order valence-corrected chi connectivity index (χ4v) is 3.61. The lowest BCUT2D eigenvalue weighted by Gasteiger charge is -2.33. The summed E-state index contributed by atoms with van der Waals surface area (Å²) >= 11 is 0. The number of carbonyl (C=O) groups is 1. The van der Waals surface area contributed by atoms with Crippen LogP contribution in [0.5, 0.6) is 0 Å². The van der Waals surface area contributed by atoms with Gasteiger partial charge in [-0.15, -0.1) is 10.2 Å². The fraction of sp³-hybridized carbons (Fsp3) is 0.786. The van der Waals surface area contributed by atoms with E-state index in [9.17, 15) is 9.90 Å². The molecule has 0 radical (unpaired) electrons. The molecule has 0 saturated carbocycles. The molecule has 3 heterocycles. The third-order valence-electron chi connectivity index (χ3n) is 4.88. The lowest BCUT2D eigenvalue weighted by molar-refractivity contribution is -0.150. The van der Waals surface area contributed by atoms with Crippen molar-refractivity contribution >= 4 is 5.97 Å². The quantitative estimate of drug-likeness (QED) is 0.902. The summed E-state index contributed by atoms with van der Waals surface area (Å²) in [6, 6.07) is 0. The number of hydrogen-bond donors (Lipinski definition) is 1. The van der Waals surface area contributed by atoms with Gasteiger partial charge in [0.1, 0.15) is 17.2 Å². The largest absolute Gasteiger partial charge is 0.480 e. The van der Waals surface area contributed by atoms with Gasteiger partial charge in [0.25, 0.3) is 0 Å². The Morgan fingerprint density at radius 1 is 1.30 bits per heavy atom. The summed E-state index contributed by atoms with van der Waals surface area (Å²) < 4.78 is 2.18. The van der Waals surface area contributed by atoms with Gasteiger partial charge in [0.2, 0.25) is 0 Å². The minimum atomic E-state index is -0.707. The average Bonchev–Trinajstić information content (AvgIpc) is 3.05. The summed E-state index contributed by atoms with van der Waals surface area (Å²) in [4.78, 5) is 13.8. The molecule has 0 aromatic carbocycles. The number of nitrogens with zero attached hydrogens (tertiary/aromatic N) is 4. The maximum Gasteiger partial charge on any atom is 0.324 e. The Bertz CT molecular complexity index is 513. The zero-order chi connectivity index (χ0) is 14.2. The third-order valence-corrected chi connectivity index (χ3v) is 4.88. The lowest BCUT2D eigenvalue weighted by atomic mass is 9.93. The highest BCUT2D eigenvalue weighted by atomic mass is 16.4. The van der Waals surface area contributed by atoms with Crippen molar-refractivity contribution in [2.45, 2.75) is 64.1 Å². The Labute approximate surface area is 118 Å². The number of aliphatic carboxylic acids is 1. The number of carboxylic acids is 1. The summed E-state index contributed by atoms with van der Waals surface area (Å²) in [7, 11) is 0. The molecule has 1 fully saturated rings. The number of fused-ring (bicyclic) bond motifs is 1. The Hall–Kier alpha value is -1.43. The standard InChI is InChI=1S/C14H22N4O2/c1-2-14(13(19)20)7-5-8-17(14)10-12-16-15-11-6-3-4-9-18(11)12/h2-10H2,1H3,(H,19,20). The molecule has 0 aliphatic carbocycles. The van der Waals surface area contributed by atoms with E-state index in [-0.39, 0.29) is 0 Å². The van der Waals surface area contributed by atoms with E-state index < -0.39 is 11.5 Å². The van der Waals surface area contributed by atoms with E-state index in [2.05, 4.69) is 19.7 Å². The second kappa shape index (κ2) is 5.16. The number of carboxylic acid groups (broad SMARTS) is 1. The van der Waals surface area contributed by atoms with Crippen LogP contribution in [0, 0.1) is 0 Å². The Morgan fingerprint density at radius 2 is 2.15 bits per heavy atom. The van der Waals surface area contributed by atoms with E-state index in [1.165, 1.54) is 6.42 Å². The van der Waals surface area contributed by atoms with Gasteiger partial charge in [0.15, 0.2) is 0 Å². The highest BCUT2D eigenvalue weighted by Crippen LogP contribution is 2.34. The Balaban J connectivity index is 1.83. The molecule has 2 aliphatic rings. The smallest absolute Gasteiger partial charge is 0.324 e. The minimum Gasteiger partial charge on any atom is -0.480 e. The van der Waals surface area contributed by atoms with Crippen molar-refractivity contribution in [3.8, 4) is 0 Å². The van der Waals surface area contributed by atoms with Gasteiger partial charge in [-0.1, -0.05) is 6.92 Å². The van der Waals surface area contributed by atoms with Crippen LogP contribution in [-0.4, -0.2) is 42.8 Å². The highest BCUT2D eigenvalue weighted by molar-refractivity contribution is 5.79. The van der Waals surface area contributed by atoms with Crippen LogP contribution >= 0.6 is 0 Å². The van der Waals surface area contributed by atoms with E-state index >= 15 is 0 Å². The van der Waals surface area contributed by atoms with Crippen molar-refractivity contribution in [2.24, 2.45) is 0 Å². The maximum absolute atomic E-state index is 11.7. The first-order chi connectivity index (χ1) is 9.67. The molecule has 1 atom stereocenters. The zero-order valence-corrected chi connectivity index (χ0v) is 12.0. The highest BCUT2D eigenvalue weighted by Gasteiger charge is 2.46. The zero-order valence-electron chi connectivity index (χ0n) is 12.0. The van der Waals surface area contributed by atoms with E-state index in [4.69, 9.17) is 0 Å². The minimum absolute atomic E-state index is 0.604. The second-order valence-electron chi connectivity index (χ2n) is 5.86. The first kappa shape index (κ1) is 13.5. The number of aryl methyl sites for hydroxylation is 1. The van der Waals surface area contributed by atoms with Gasteiger partial charge in [0, 0.05) is 13.0 Å². The summed E-state index contributed by atoms with van der Waals surface area (Å²) in [5.74, 6) is 1.29. The fourth-order valence-electron chi connectivity index (χ4n) is 3.61. The molecule has 0 bridgehead atoms. The van der Waals surface area contributed by atoms with E-state index in [1.807, 2.05) is 6.92 Å².